The molecule has 0 saturated heterocycles. The van der Waals surface area contributed by atoms with E-state index in [2.05, 4.69) is 22.8 Å². The second-order valence-corrected chi connectivity index (χ2v) is 7.98. The van der Waals surface area contributed by atoms with Crippen LogP contribution in [-0.2, 0) is 21.9 Å². The summed E-state index contributed by atoms with van der Waals surface area (Å²) in [5.41, 5.74) is 2.94. The number of thioether (sulfide) groups is 1. The van der Waals surface area contributed by atoms with Gasteiger partial charge in [0.25, 0.3) is 0 Å². The van der Waals surface area contributed by atoms with E-state index in [9.17, 15) is 9.59 Å². The van der Waals surface area contributed by atoms with E-state index >= 15 is 0 Å². The highest BCUT2D eigenvalue weighted by Crippen LogP contribution is 2.18. The molecule has 0 saturated carbocycles. The molecule has 0 bridgehead atoms. The van der Waals surface area contributed by atoms with Gasteiger partial charge in [0, 0.05) is 23.9 Å². The van der Waals surface area contributed by atoms with Gasteiger partial charge in [-0.05, 0) is 36.6 Å². The van der Waals surface area contributed by atoms with E-state index in [-0.39, 0.29) is 23.0 Å². The van der Waals surface area contributed by atoms with Crippen molar-refractivity contribution in [2.45, 2.75) is 44.7 Å². The summed E-state index contributed by atoms with van der Waals surface area (Å²) >= 11 is 1.62. The Bertz CT molecular complexity index is 749. The molecule has 2 rings (SSSR count). The fourth-order valence-corrected chi connectivity index (χ4v) is 3.28. The van der Waals surface area contributed by atoms with Gasteiger partial charge in [-0.1, -0.05) is 56.3 Å². The van der Waals surface area contributed by atoms with Gasteiger partial charge in [0.2, 0.25) is 11.8 Å². The molecule has 0 aliphatic carbocycles. The van der Waals surface area contributed by atoms with Crippen molar-refractivity contribution in [1.29, 1.82) is 0 Å². The summed E-state index contributed by atoms with van der Waals surface area (Å²) in [5, 5.41) is 5.78. The summed E-state index contributed by atoms with van der Waals surface area (Å²) < 4.78 is 0. The summed E-state index contributed by atoms with van der Waals surface area (Å²) in [4.78, 5) is 24.3. The van der Waals surface area contributed by atoms with Crippen molar-refractivity contribution >= 4 is 29.3 Å². The van der Waals surface area contributed by atoms with Crippen LogP contribution in [0.5, 0.6) is 0 Å². The van der Waals surface area contributed by atoms with Gasteiger partial charge in [-0.15, -0.1) is 11.8 Å². The zero-order chi connectivity index (χ0) is 19.6. The fourth-order valence-electron chi connectivity index (χ4n) is 2.41. The van der Waals surface area contributed by atoms with Gasteiger partial charge in [-0.3, -0.25) is 9.59 Å². The van der Waals surface area contributed by atoms with Crippen LogP contribution in [0, 0.1) is 5.92 Å². The Morgan fingerprint density at radius 3 is 2.37 bits per heavy atom. The summed E-state index contributed by atoms with van der Waals surface area (Å²) in [6.07, 6.45) is 0.806. The number of benzene rings is 2. The van der Waals surface area contributed by atoms with Crippen LogP contribution >= 0.6 is 11.8 Å². The monoisotopic (exact) mass is 384 g/mol. The quantitative estimate of drug-likeness (QED) is 0.664. The molecule has 2 amide bonds. The first-order valence-corrected chi connectivity index (χ1v) is 10.4. The molecule has 5 heteroatoms. The van der Waals surface area contributed by atoms with Crippen LogP contribution in [0.4, 0.5) is 5.69 Å². The van der Waals surface area contributed by atoms with Crippen LogP contribution < -0.4 is 10.6 Å². The lowest BCUT2D eigenvalue weighted by Gasteiger charge is -2.13. The van der Waals surface area contributed by atoms with Crippen molar-refractivity contribution in [2.75, 3.05) is 5.32 Å². The third kappa shape index (κ3) is 7.10. The van der Waals surface area contributed by atoms with Crippen LogP contribution in [0.2, 0.25) is 0 Å². The first-order valence-electron chi connectivity index (χ1n) is 9.32. The summed E-state index contributed by atoms with van der Waals surface area (Å²) in [6.45, 7) is 6.27. The van der Waals surface area contributed by atoms with Crippen LogP contribution in [-0.4, -0.2) is 17.1 Å². The summed E-state index contributed by atoms with van der Waals surface area (Å²) in [7, 11) is 0. The highest BCUT2D eigenvalue weighted by molar-refractivity contribution is 7.99. The molecule has 0 heterocycles. The minimum atomic E-state index is -0.126. The van der Waals surface area contributed by atoms with Crippen molar-refractivity contribution < 1.29 is 9.59 Å². The molecule has 0 spiro atoms. The van der Waals surface area contributed by atoms with E-state index in [0.29, 0.717) is 6.54 Å². The average molecular weight is 385 g/mol. The van der Waals surface area contributed by atoms with E-state index in [1.54, 1.807) is 11.8 Å². The third-order valence-electron chi connectivity index (χ3n) is 4.43. The molecule has 0 aromatic heterocycles. The lowest BCUT2D eigenvalue weighted by atomic mass is 10.1. The number of hydrogen-bond donors (Lipinski definition) is 2. The second-order valence-electron chi connectivity index (χ2n) is 6.66. The maximum absolute atomic E-state index is 12.3. The number of amides is 2. The molecule has 0 fully saturated rings. The van der Waals surface area contributed by atoms with E-state index < -0.39 is 0 Å². The number of hydrogen-bond acceptors (Lipinski definition) is 3. The molecule has 4 nitrogen and oxygen atoms in total. The van der Waals surface area contributed by atoms with Crippen molar-refractivity contribution in [3.63, 3.8) is 0 Å². The maximum Gasteiger partial charge on any atom is 0.233 e. The first kappa shape index (κ1) is 21.0. The Labute approximate surface area is 166 Å². The Hall–Kier alpha value is -2.27. The van der Waals surface area contributed by atoms with E-state index in [0.717, 1.165) is 23.4 Å². The zero-order valence-electron chi connectivity index (χ0n) is 16.2. The predicted octanol–water partition coefficient (Wildman–Crippen LogP) is 4.61. The molecule has 0 aliphatic rings. The largest absolute Gasteiger partial charge is 0.351 e. The topological polar surface area (TPSA) is 58.2 Å². The molecule has 0 aliphatic heterocycles. The zero-order valence-corrected chi connectivity index (χ0v) is 17.0. The second kappa shape index (κ2) is 10.8. The fraction of sp³-hybridized carbons (Fsp3) is 0.364. The molecule has 2 unspecified atom stereocenters. The van der Waals surface area contributed by atoms with Crippen molar-refractivity contribution in [2.24, 2.45) is 5.92 Å². The predicted molar refractivity (Wildman–Crippen MR) is 114 cm³/mol. The molecule has 2 atom stereocenters. The van der Waals surface area contributed by atoms with Gasteiger partial charge < -0.3 is 10.6 Å². The third-order valence-corrected chi connectivity index (χ3v) is 5.65. The Morgan fingerprint density at radius 1 is 0.963 bits per heavy atom. The SMILES string of the molecule is CCC(C)C(=O)Nc1cccc(CNC(=O)C(C)SCc2ccccc2)c1. The van der Waals surface area contributed by atoms with E-state index in [1.165, 1.54) is 5.56 Å². The van der Waals surface area contributed by atoms with E-state index in [4.69, 9.17) is 0 Å². The number of anilines is 1. The van der Waals surface area contributed by atoms with Crippen molar-refractivity contribution in [1.82, 2.24) is 5.32 Å². The number of rotatable bonds is 9. The highest BCUT2D eigenvalue weighted by atomic mass is 32.2. The molecule has 27 heavy (non-hydrogen) atoms. The van der Waals surface area contributed by atoms with Crippen molar-refractivity contribution in [3.8, 4) is 0 Å². The summed E-state index contributed by atoms with van der Waals surface area (Å²) in [5.74, 6) is 0.831. The van der Waals surface area contributed by atoms with Gasteiger partial charge in [0.1, 0.15) is 0 Å². The van der Waals surface area contributed by atoms with Gasteiger partial charge in [-0.25, -0.2) is 0 Å². The van der Waals surface area contributed by atoms with Gasteiger partial charge in [-0.2, -0.15) is 0 Å². The van der Waals surface area contributed by atoms with Crippen LogP contribution in [0.1, 0.15) is 38.3 Å². The standard InChI is InChI=1S/C22H28N2O2S/c1-4-16(2)21(25)24-20-12-8-11-19(13-20)14-23-22(26)17(3)27-15-18-9-6-5-7-10-18/h5-13,16-17H,4,14-15H2,1-3H3,(H,23,26)(H,24,25). The molecule has 2 N–H and O–H groups in total. The smallest absolute Gasteiger partial charge is 0.233 e. The lowest BCUT2D eigenvalue weighted by molar-refractivity contribution is -0.120. The van der Waals surface area contributed by atoms with Crippen LogP contribution in [0.3, 0.4) is 0 Å². The van der Waals surface area contributed by atoms with Crippen molar-refractivity contribution in [3.05, 3.63) is 65.7 Å². The molecule has 144 valence electrons. The maximum atomic E-state index is 12.3. The molecular weight excluding hydrogens is 356 g/mol. The summed E-state index contributed by atoms with van der Waals surface area (Å²) in [6, 6.07) is 17.7. The molecular formula is C22H28N2O2S. The normalized spacial score (nSPS) is 12.9. The number of carbonyl (C=O) groups excluding carboxylic acids is 2. The van der Waals surface area contributed by atoms with E-state index in [1.807, 2.05) is 63.2 Å². The molecule has 2 aromatic rings. The Morgan fingerprint density at radius 2 is 1.67 bits per heavy atom. The highest BCUT2D eigenvalue weighted by Gasteiger charge is 2.14. The molecule has 0 radical (unpaired) electrons. The average Bonchev–Trinajstić information content (AvgIpc) is 2.70. The van der Waals surface area contributed by atoms with Crippen LogP contribution in [0.25, 0.3) is 0 Å². The Kier molecular flexibility index (Phi) is 8.40. The first-order chi connectivity index (χ1) is 13.0. The molecule has 2 aromatic carbocycles. The van der Waals surface area contributed by atoms with Gasteiger partial charge in [0.05, 0.1) is 5.25 Å². The van der Waals surface area contributed by atoms with Gasteiger partial charge in [0.15, 0.2) is 0 Å². The van der Waals surface area contributed by atoms with Gasteiger partial charge >= 0.3 is 0 Å². The number of carbonyl (C=O) groups is 2. The Balaban J connectivity index is 1.82. The minimum absolute atomic E-state index is 0.0177. The minimum Gasteiger partial charge on any atom is -0.351 e. The lowest BCUT2D eigenvalue weighted by Crippen LogP contribution is -2.30. The number of nitrogens with one attached hydrogen (secondary N) is 2. The van der Waals surface area contributed by atoms with Crippen LogP contribution in [0.15, 0.2) is 54.6 Å².